The largest absolute Gasteiger partial charge is 0.297 e. The van der Waals surface area contributed by atoms with Gasteiger partial charge in [-0.25, -0.2) is 4.39 Å². The van der Waals surface area contributed by atoms with Crippen LogP contribution in [0.4, 0.5) is 4.39 Å². The summed E-state index contributed by atoms with van der Waals surface area (Å²) in [5.74, 6) is -0.0593. The molecule has 1 aromatic heterocycles. The van der Waals surface area contributed by atoms with Crippen molar-refractivity contribution in [2.75, 3.05) is 0 Å². The Morgan fingerprint density at radius 3 is 2.86 bits per heavy atom. The Morgan fingerprint density at radius 2 is 2.21 bits per heavy atom. The van der Waals surface area contributed by atoms with Crippen LogP contribution in [0.1, 0.15) is 15.2 Å². The van der Waals surface area contributed by atoms with E-state index in [0.717, 1.165) is 21.9 Å². The average Bonchev–Trinajstić information content (AvgIpc) is 2.59. The number of halogens is 2. The molecule has 0 fully saturated rings. The molecule has 1 aromatic carbocycles. The zero-order valence-electron chi connectivity index (χ0n) is 7.09. The summed E-state index contributed by atoms with van der Waals surface area (Å²) in [6.07, 6.45) is 0.764. The van der Waals surface area contributed by atoms with Gasteiger partial charge in [-0.3, -0.25) is 4.79 Å². The summed E-state index contributed by atoms with van der Waals surface area (Å²) < 4.78 is 13.8. The molecule has 0 aliphatic carbocycles. The Morgan fingerprint density at radius 1 is 1.43 bits per heavy atom. The lowest BCUT2D eigenvalue weighted by Crippen LogP contribution is -1.81. The molecule has 72 valence electrons. The number of hydrogen-bond donors (Lipinski definition) is 0. The van der Waals surface area contributed by atoms with Gasteiger partial charge in [0.1, 0.15) is 5.82 Å². The summed E-state index contributed by atoms with van der Waals surface area (Å²) >= 11 is 6.95. The summed E-state index contributed by atoms with van der Waals surface area (Å²) in [6.45, 7) is 0. The van der Waals surface area contributed by atoms with Crippen LogP contribution >= 0.6 is 22.9 Å². The molecule has 4 heteroatoms. The monoisotopic (exact) mass is 228 g/mol. The molecule has 0 radical (unpaired) electrons. The van der Waals surface area contributed by atoms with Crippen molar-refractivity contribution in [3.63, 3.8) is 0 Å². The molecule has 0 aliphatic heterocycles. The Bertz CT molecular complexity index is 492. The third kappa shape index (κ3) is 1.53. The maximum absolute atomic E-state index is 13.1. The number of carbonyl (C=O) groups excluding carboxylic acids is 1. The van der Waals surface area contributed by atoms with Crippen LogP contribution in [0.25, 0.3) is 10.1 Å². The van der Waals surface area contributed by atoms with Crippen LogP contribution < -0.4 is 0 Å². The number of carbonyl (C=O) groups is 1. The zero-order chi connectivity index (χ0) is 10.1. The van der Waals surface area contributed by atoms with Gasteiger partial charge in [0.2, 0.25) is 0 Å². The Labute approximate surface area is 89.1 Å². The molecular weight excluding hydrogens is 223 g/mol. The van der Waals surface area contributed by atoms with Gasteiger partial charge < -0.3 is 0 Å². The quantitative estimate of drug-likeness (QED) is 0.567. The van der Waals surface area contributed by atoms with E-state index in [2.05, 4.69) is 0 Å². The van der Waals surface area contributed by atoms with E-state index in [4.69, 9.17) is 11.6 Å². The highest BCUT2D eigenvalue weighted by Gasteiger charge is 2.07. The topological polar surface area (TPSA) is 17.1 Å². The molecular formula is C10H6ClFOS. The first-order chi connectivity index (χ1) is 6.74. The van der Waals surface area contributed by atoms with Crippen molar-refractivity contribution in [2.45, 2.75) is 5.88 Å². The fraction of sp³-hybridized carbons (Fsp3) is 0.100. The van der Waals surface area contributed by atoms with Gasteiger partial charge in [0.05, 0.1) is 4.88 Å². The number of fused-ring (bicyclic) bond motifs is 1. The minimum absolute atomic E-state index is 0.253. The first-order valence-electron chi connectivity index (χ1n) is 3.97. The van der Waals surface area contributed by atoms with Crippen molar-refractivity contribution in [1.82, 2.24) is 0 Å². The van der Waals surface area contributed by atoms with Gasteiger partial charge in [0, 0.05) is 10.6 Å². The van der Waals surface area contributed by atoms with Crippen molar-refractivity contribution >= 4 is 39.3 Å². The molecule has 0 unspecified atom stereocenters. The maximum Gasteiger partial charge on any atom is 0.160 e. The number of benzene rings is 1. The number of alkyl halides is 1. The van der Waals surface area contributed by atoms with Crippen molar-refractivity contribution < 1.29 is 9.18 Å². The molecule has 2 rings (SSSR count). The van der Waals surface area contributed by atoms with Crippen LogP contribution in [0.2, 0.25) is 0 Å². The molecule has 0 amide bonds. The number of thiophene rings is 1. The van der Waals surface area contributed by atoms with Gasteiger partial charge in [-0.05, 0) is 29.1 Å². The lowest BCUT2D eigenvalue weighted by Gasteiger charge is -1.97. The van der Waals surface area contributed by atoms with E-state index in [1.807, 2.05) is 0 Å². The van der Waals surface area contributed by atoms with E-state index in [0.29, 0.717) is 4.88 Å². The van der Waals surface area contributed by atoms with E-state index >= 15 is 0 Å². The van der Waals surface area contributed by atoms with Crippen molar-refractivity contribution in [3.8, 4) is 0 Å². The third-order valence-electron chi connectivity index (χ3n) is 1.97. The molecule has 0 spiro atoms. The Hall–Kier alpha value is -0.930. The van der Waals surface area contributed by atoms with Crippen molar-refractivity contribution in [1.29, 1.82) is 0 Å². The normalized spacial score (nSPS) is 10.7. The van der Waals surface area contributed by atoms with Gasteiger partial charge in [-0.2, -0.15) is 0 Å². The molecule has 0 aliphatic rings. The molecule has 1 nitrogen and oxygen atoms in total. The molecule has 0 N–H and O–H groups in total. The first kappa shape index (κ1) is 9.62. The number of aldehydes is 1. The van der Waals surface area contributed by atoms with E-state index in [9.17, 15) is 9.18 Å². The predicted octanol–water partition coefficient (Wildman–Crippen LogP) is 3.59. The smallest absolute Gasteiger partial charge is 0.160 e. The third-order valence-corrected chi connectivity index (χ3v) is 3.26. The van der Waals surface area contributed by atoms with Gasteiger partial charge in [-0.1, -0.05) is 0 Å². The van der Waals surface area contributed by atoms with Gasteiger partial charge in [-0.15, -0.1) is 22.9 Å². The van der Waals surface area contributed by atoms with Crippen LogP contribution in [-0.4, -0.2) is 6.29 Å². The summed E-state index contributed by atoms with van der Waals surface area (Å²) in [5.41, 5.74) is 0.728. The summed E-state index contributed by atoms with van der Waals surface area (Å²) in [6, 6.07) is 4.56. The second-order valence-electron chi connectivity index (χ2n) is 2.88. The van der Waals surface area contributed by atoms with Crippen molar-refractivity contribution in [2.24, 2.45) is 0 Å². The zero-order valence-corrected chi connectivity index (χ0v) is 8.66. The number of hydrogen-bond acceptors (Lipinski definition) is 2. The van der Waals surface area contributed by atoms with Gasteiger partial charge >= 0.3 is 0 Å². The lowest BCUT2D eigenvalue weighted by atomic mass is 10.1. The molecule has 2 aromatic rings. The standard InChI is InChI=1S/C10H6ClFOS/c11-4-6-1-7(12)2-10-9(6)3-8(5-13)14-10/h1-3,5H,4H2. The molecule has 0 saturated carbocycles. The minimum Gasteiger partial charge on any atom is -0.297 e. The second-order valence-corrected chi connectivity index (χ2v) is 4.26. The summed E-state index contributed by atoms with van der Waals surface area (Å²) in [5, 5.41) is 0.869. The highest BCUT2D eigenvalue weighted by atomic mass is 35.5. The fourth-order valence-electron chi connectivity index (χ4n) is 1.36. The minimum atomic E-state index is -0.313. The predicted molar refractivity (Wildman–Crippen MR) is 56.7 cm³/mol. The molecule has 0 bridgehead atoms. The van der Waals surface area contributed by atoms with Crippen molar-refractivity contribution in [3.05, 3.63) is 34.5 Å². The first-order valence-corrected chi connectivity index (χ1v) is 5.33. The van der Waals surface area contributed by atoms with Crippen LogP contribution in [-0.2, 0) is 5.88 Å². The number of rotatable bonds is 2. The van der Waals surface area contributed by atoms with Crippen LogP contribution in [0.3, 0.4) is 0 Å². The van der Waals surface area contributed by atoms with Gasteiger partial charge in [0.25, 0.3) is 0 Å². The molecule has 14 heavy (non-hydrogen) atoms. The lowest BCUT2D eigenvalue weighted by molar-refractivity contribution is 0.112. The highest BCUT2D eigenvalue weighted by molar-refractivity contribution is 7.20. The highest BCUT2D eigenvalue weighted by Crippen LogP contribution is 2.29. The SMILES string of the molecule is O=Cc1cc2c(CCl)cc(F)cc2s1. The average molecular weight is 229 g/mol. The van der Waals surface area contributed by atoms with E-state index in [1.165, 1.54) is 23.5 Å². The molecule has 0 atom stereocenters. The Kier molecular flexibility index (Phi) is 2.52. The van der Waals surface area contributed by atoms with Gasteiger partial charge in [0.15, 0.2) is 6.29 Å². The maximum atomic E-state index is 13.1. The molecule has 0 saturated heterocycles. The fourth-order valence-corrected chi connectivity index (χ4v) is 2.53. The van der Waals surface area contributed by atoms with E-state index in [1.54, 1.807) is 6.07 Å². The Balaban J connectivity index is 2.77. The van der Waals surface area contributed by atoms with E-state index in [-0.39, 0.29) is 11.7 Å². The molecule has 1 heterocycles. The van der Waals surface area contributed by atoms with E-state index < -0.39 is 0 Å². The van der Waals surface area contributed by atoms with Crippen LogP contribution in [0.15, 0.2) is 18.2 Å². The second kappa shape index (κ2) is 3.67. The summed E-state index contributed by atoms with van der Waals surface area (Å²) in [7, 11) is 0. The van der Waals surface area contributed by atoms with Crippen LogP contribution in [0.5, 0.6) is 0 Å². The van der Waals surface area contributed by atoms with Crippen LogP contribution in [0, 0.1) is 5.82 Å². The summed E-state index contributed by atoms with van der Waals surface area (Å²) in [4.78, 5) is 11.1.